The fraction of sp³-hybridized carbons (Fsp3) is 0.667. The van der Waals surface area contributed by atoms with Crippen molar-refractivity contribution in [1.29, 1.82) is 0 Å². The lowest BCUT2D eigenvalue weighted by atomic mass is 10.1. The Bertz CT molecular complexity index is 405. The first-order valence-corrected chi connectivity index (χ1v) is 7.15. The third-order valence-corrected chi connectivity index (χ3v) is 3.78. The Morgan fingerprint density at radius 1 is 1.32 bits per heavy atom. The summed E-state index contributed by atoms with van der Waals surface area (Å²) in [6.07, 6.45) is 7.76. The molecule has 0 spiro atoms. The van der Waals surface area contributed by atoms with Crippen molar-refractivity contribution in [2.45, 2.75) is 57.5 Å². The summed E-state index contributed by atoms with van der Waals surface area (Å²) in [6, 6.07) is 4.21. The molecule has 1 aromatic heterocycles. The predicted octanol–water partition coefficient (Wildman–Crippen LogP) is 3.44. The Morgan fingerprint density at radius 3 is 2.63 bits per heavy atom. The van der Waals surface area contributed by atoms with Gasteiger partial charge >= 0.3 is 5.97 Å². The number of carbonyl (C=O) groups is 1. The van der Waals surface area contributed by atoms with Crippen LogP contribution in [0.3, 0.4) is 0 Å². The Kier molecular flexibility index (Phi) is 5.02. The van der Waals surface area contributed by atoms with Gasteiger partial charge in [-0.1, -0.05) is 25.7 Å². The van der Waals surface area contributed by atoms with Crippen molar-refractivity contribution in [1.82, 2.24) is 5.32 Å². The SMILES string of the molecule is COC(=O)c1ccc(C(C)NC2CCCCCC2)o1. The van der Waals surface area contributed by atoms with Gasteiger partial charge in [0.1, 0.15) is 5.76 Å². The van der Waals surface area contributed by atoms with Gasteiger partial charge in [-0.15, -0.1) is 0 Å². The highest BCUT2D eigenvalue weighted by atomic mass is 16.5. The molecule has 4 nitrogen and oxygen atoms in total. The maximum Gasteiger partial charge on any atom is 0.373 e. The van der Waals surface area contributed by atoms with E-state index in [1.807, 2.05) is 6.07 Å². The number of carbonyl (C=O) groups excluding carboxylic acids is 1. The van der Waals surface area contributed by atoms with Crippen LogP contribution in [-0.4, -0.2) is 19.1 Å². The number of nitrogens with one attached hydrogen (secondary N) is 1. The number of hydrogen-bond donors (Lipinski definition) is 1. The molecule has 4 heteroatoms. The fourth-order valence-electron chi connectivity index (χ4n) is 2.68. The van der Waals surface area contributed by atoms with Gasteiger partial charge in [0.15, 0.2) is 0 Å². The summed E-state index contributed by atoms with van der Waals surface area (Å²) in [5.41, 5.74) is 0. The first-order valence-electron chi connectivity index (χ1n) is 7.15. The highest BCUT2D eigenvalue weighted by Crippen LogP contribution is 2.22. The molecule has 0 aromatic carbocycles. The molecule has 1 aromatic rings. The van der Waals surface area contributed by atoms with Crippen molar-refractivity contribution in [2.24, 2.45) is 0 Å². The van der Waals surface area contributed by atoms with Gasteiger partial charge in [0, 0.05) is 6.04 Å². The number of hydrogen-bond acceptors (Lipinski definition) is 4. The second-order valence-corrected chi connectivity index (χ2v) is 5.27. The first kappa shape index (κ1) is 14.1. The van der Waals surface area contributed by atoms with Gasteiger partial charge in [-0.05, 0) is 31.9 Å². The average molecular weight is 265 g/mol. The molecule has 1 heterocycles. The Balaban J connectivity index is 1.93. The molecule has 1 unspecified atom stereocenters. The van der Waals surface area contributed by atoms with Gasteiger partial charge in [0.2, 0.25) is 5.76 Å². The normalized spacial score (nSPS) is 18.8. The van der Waals surface area contributed by atoms with Crippen LogP contribution >= 0.6 is 0 Å². The second-order valence-electron chi connectivity index (χ2n) is 5.27. The molecule has 0 radical (unpaired) electrons. The number of esters is 1. The number of ether oxygens (including phenoxy) is 1. The Morgan fingerprint density at radius 2 is 2.00 bits per heavy atom. The van der Waals surface area contributed by atoms with E-state index in [2.05, 4.69) is 17.0 Å². The third-order valence-electron chi connectivity index (χ3n) is 3.78. The van der Waals surface area contributed by atoms with E-state index in [0.29, 0.717) is 6.04 Å². The maximum absolute atomic E-state index is 11.3. The largest absolute Gasteiger partial charge is 0.463 e. The topological polar surface area (TPSA) is 51.5 Å². The average Bonchev–Trinajstić information content (AvgIpc) is 2.78. The molecule has 0 aliphatic heterocycles. The molecule has 106 valence electrons. The molecule has 1 N–H and O–H groups in total. The molecule has 0 amide bonds. The first-order chi connectivity index (χ1) is 9.20. The Labute approximate surface area is 114 Å². The predicted molar refractivity (Wildman–Crippen MR) is 73.1 cm³/mol. The molecular formula is C15H23NO3. The van der Waals surface area contributed by atoms with Crippen LogP contribution in [0.4, 0.5) is 0 Å². The summed E-state index contributed by atoms with van der Waals surface area (Å²) in [7, 11) is 1.36. The van der Waals surface area contributed by atoms with E-state index in [4.69, 9.17) is 4.42 Å². The van der Waals surface area contributed by atoms with E-state index in [9.17, 15) is 4.79 Å². The van der Waals surface area contributed by atoms with Crippen molar-refractivity contribution >= 4 is 5.97 Å². The highest BCUT2D eigenvalue weighted by molar-refractivity contribution is 5.86. The summed E-state index contributed by atoms with van der Waals surface area (Å²) < 4.78 is 10.2. The molecule has 1 aliphatic carbocycles. The van der Waals surface area contributed by atoms with E-state index in [1.165, 1.54) is 45.6 Å². The molecule has 1 saturated carbocycles. The molecule has 1 atom stereocenters. The third kappa shape index (κ3) is 3.83. The van der Waals surface area contributed by atoms with Crippen molar-refractivity contribution in [3.05, 3.63) is 23.7 Å². The van der Waals surface area contributed by atoms with Crippen LogP contribution < -0.4 is 5.32 Å². The number of methoxy groups -OCH3 is 1. The summed E-state index contributed by atoms with van der Waals surface area (Å²) in [5.74, 6) is 0.643. The van der Waals surface area contributed by atoms with Gasteiger partial charge < -0.3 is 14.5 Å². The summed E-state index contributed by atoms with van der Waals surface area (Å²) >= 11 is 0. The van der Waals surface area contributed by atoms with E-state index in [-0.39, 0.29) is 11.8 Å². The smallest absolute Gasteiger partial charge is 0.373 e. The van der Waals surface area contributed by atoms with Crippen LogP contribution in [0.5, 0.6) is 0 Å². The van der Waals surface area contributed by atoms with Crippen LogP contribution in [0.1, 0.15) is 67.8 Å². The summed E-state index contributed by atoms with van der Waals surface area (Å²) in [5, 5.41) is 3.60. The van der Waals surface area contributed by atoms with E-state index < -0.39 is 5.97 Å². The van der Waals surface area contributed by atoms with E-state index >= 15 is 0 Å². The molecule has 1 fully saturated rings. The van der Waals surface area contributed by atoms with Crippen LogP contribution in [0.25, 0.3) is 0 Å². The van der Waals surface area contributed by atoms with Crippen LogP contribution in [-0.2, 0) is 4.74 Å². The lowest BCUT2D eigenvalue weighted by molar-refractivity contribution is 0.0562. The van der Waals surface area contributed by atoms with Gasteiger partial charge in [-0.2, -0.15) is 0 Å². The molecular weight excluding hydrogens is 242 g/mol. The molecule has 0 saturated heterocycles. The monoisotopic (exact) mass is 265 g/mol. The van der Waals surface area contributed by atoms with E-state index in [1.54, 1.807) is 6.07 Å². The van der Waals surface area contributed by atoms with Crippen molar-refractivity contribution in [2.75, 3.05) is 7.11 Å². The molecule has 0 bridgehead atoms. The van der Waals surface area contributed by atoms with Crippen molar-refractivity contribution in [3.63, 3.8) is 0 Å². The van der Waals surface area contributed by atoms with Crippen molar-refractivity contribution < 1.29 is 13.9 Å². The zero-order valence-corrected chi connectivity index (χ0v) is 11.8. The zero-order valence-electron chi connectivity index (χ0n) is 11.8. The highest BCUT2D eigenvalue weighted by Gasteiger charge is 2.19. The summed E-state index contributed by atoms with van der Waals surface area (Å²) in [4.78, 5) is 11.3. The quantitative estimate of drug-likeness (QED) is 0.669. The molecule has 1 aliphatic rings. The minimum absolute atomic E-state index is 0.126. The number of rotatable bonds is 4. The number of furan rings is 1. The Hall–Kier alpha value is -1.29. The summed E-state index contributed by atoms with van der Waals surface area (Å²) in [6.45, 7) is 2.07. The van der Waals surface area contributed by atoms with Crippen molar-refractivity contribution in [3.8, 4) is 0 Å². The van der Waals surface area contributed by atoms with Gasteiger partial charge in [-0.3, -0.25) is 0 Å². The lowest BCUT2D eigenvalue weighted by Gasteiger charge is -2.20. The maximum atomic E-state index is 11.3. The standard InChI is InChI=1S/C15H23NO3/c1-11(16-12-7-5-3-4-6-8-12)13-9-10-14(19-13)15(17)18-2/h9-12,16H,3-8H2,1-2H3. The van der Waals surface area contributed by atoms with Gasteiger partial charge in [0.25, 0.3) is 0 Å². The van der Waals surface area contributed by atoms with Crippen LogP contribution in [0.15, 0.2) is 16.5 Å². The minimum Gasteiger partial charge on any atom is -0.463 e. The van der Waals surface area contributed by atoms with Crippen LogP contribution in [0, 0.1) is 0 Å². The fourth-order valence-corrected chi connectivity index (χ4v) is 2.68. The molecule has 2 rings (SSSR count). The van der Waals surface area contributed by atoms with Crippen LogP contribution in [0.2, 0.25) is 0 Å². The lowest BCUT2D eigenvalue weighted by Crippen LogP contribution is -2.30. The van der Waals surface area contributed by atoms with E-state index in [0.717, 1.165) is 5.76 Å². The minimum atomic E-state index is -0.423. The van der Waals surface area contributed by atoms with Gasteiger partial charge in [-0.25, -0.2) is 4.79 Å². The van der Waals surface area contributed by atoms with Gasteiger partial charge in [0.05, 0.1) is 13.2 Å². The zero-order chi connectivity index (χ0) is 13.7. The molecule has 19 heavy (non-hydrogen) atoms. The second kappa shape index (κ2) is 6.75.